The highest BCUT2D eigenvalue weighted by atomic mass is 19.3. The Morgan fingerprint density at radius 2 is 2.11 bits per heavy atom. The molecule has 1 aromatic heterocycles. The van der Waals surface area contributed by atoms with Crippen molar-refractivity contribution in [1.29, 1.82) is 0 Å². The van der Waals surface area contributed by atoms with Gasteiger partial charge in [0.25, 0.3) is 6.43 Å². The van der Waals surface area contributed by atoms with E-state index in [1.54, 1.807) is 20.8 Å². The molecule has 0 radical (unpaired) electrons. The van der Waals surface area contributed by atoms with Gasteiger partial charge in [0, 0.05) is 7.05 Å². The monoisotopic (exact) mass is 262 g/mol. The van der Waals surface area contributed by atoms with Gasteiger partial charge in [-0.1, -0.05) is 5.21 Å². The minimum atomic E-state index is -2.69. The Labute approximate surface area is 103 Å². The molecule has 0 saturated carbocycles. The van der Waals surface area contributed by atoms with Crippen molar-refractivity contribution in [2.24, 2.45) is 7.05 Å². The highest BCUT2D eigenvalue weighted by Crippen LogP contribution is 2.20. The van der Waals surface area contributed by atoms with Gasteiger partial charge in [-0.3, -0.25) is 0 Å². The highest BCUT2D eigenvalue weighted by Gasteiger charge is 2.21. The zero-order chi connectivity index (χ0) is 13.9. The number of nitrogens with one attached hydrogen (secondary N) is 1. The molecule has 1 heterocycles. The van der Waals surface area contributed by atoms with Gasteiger partial charge >= 0.3 is 6.09 Å². The van der Waals surface area contributed by atoms with Gasteiger partial charge in [-0.25, -0.2) is 18.3 Å². The van der Waals surface area contributed by atoms with E-state index in [0.717, 1.165) is 4.68 Å². The number of ether oxygens (including phenoxy) is 1. The summed E-state index contributed by atoms with van der Waals surface area (Å²) in [5.74, 6) is 0. The number of alkyl halides is 2. The van der Waals surface area contributed by atoms with Crippen LogP contribution in [0, 0.1) is 0 Å². The summed E-state index contributed by atoms with van der Waals surface area (Å²) in [6.45, 7) is 4.97. The molecule has 18 heavy (non-hydrogen) atoms. The first-order valence-electron chi connectivity index (χ1n) is 5.34. The average Bonchev–Trinajstić information content (AvgIpc) is 2.54. The highest BCUT2D eigenvalue weighted by molar-refractivity contribution is 5.67. The topological polar surface area (TPSA) is 69.0 Å². The molecule has 0 unspecified atom stereocenters. The number of aromatic nitrogens is 3. The van der Waals surface area contributed by atoms with E-state index in [0.29, 0.717) is 0 Å². The van der Waals surface area contributed by atoms with Crippen molar-refractivity contribution in [2.45, 2.75) is 39.3 Å². The largest absolute Gasteiger partial charge is 0.444 e. The smallest absolute Gasteiger partial charge is 0.407 e. The van der Waals surface area contributed by atoms with Crippen molar-refractivity contribution in [3.63, 3.8) is 0 Å². The van der Waals surface area contributed by atoms with Gasteiger partial charge in [-0.05, 0) is 20.8 Å². The lowest BCUT2D eigenvalue weighted by Gasteiger charge is -2.19. The Morgan fingerprint density at radius 1 is 1.50 bits per heavy atom. The van der Waals surface area contributed by atoms with E-state index >= 15 is 0 Å². The third kappa shape index (κ3) is 3.94. The van der Waals surface area contributed by atoms with E-state index in [9.17, 15) is 13.6 Å². The van der Waals surface area contributed by atoms with Gasteiger partial charge < -0.3 is 10.1 Å². The van der Waals surface area contributed by atoms with Gasteiger partial charge in [0.15, 0.2) is 0 Å². The first kappa shape index (κ1) is 14.3. The molecule has 6 nitrogen and oxygen atoms in total. The van der Waals surface area contributed by atoms with E-state index < -0.39 is 18.1 Å². The number of carbonyl (C=O) groups excluding carboxylic acids is 1. The number of aryl methyl sites for hydroxylation is 1. The molecule has 0 saturated heterocycles. The Balaban J connectivity index is 2.62. The van der Waals surface area contributed by atoms with E-state index in [-0.39, 0.29) is 17.9 Å². The fraction of sp³-hybridized carbons (Fsp3) is 0.700. The van der Waals surface area contributed by atoms with Crippen LogP contribution in [0.1, 0.15) is 38.6 Å². The summed E-state index contributed by atoms with van der Waals surface area (Å²) < 4.78 is 31.3. The molecule has 0 aliphatic carbocycles. The summed E-state index contributed by atoms with van der Waals surface area (Å²) in [6.07, 6.45) is -3.38. The standard InChI is InChI=1S/C10H16F2N4O2/c1-10(2,3)18-9(17)13-5-6-7(8(11)12)16(4)15-14-6/h8H,5H2,1-4H3,(H,13,17). The number of hydrogen-bond acceptors (Lipinski definition) is 4. The van der Waals surface area contributed by atoms with Crippen LogP contribution in [0.25, 0.3) is 0 Å². The first-order valence-corrected chi connectivity index (χ1v) is 5.34. The number of nitrogens with zero attached hydrogens (tertiary/aromatic N) is 3. The van der Waals surface area contributed by atoms with Gasteiger partial charge in [-0.2, -0.15) is 0 Å². The lowest BCUT2D eigenvalue weighted by Crippen LogP contribution is -2.32. The predicted molar refractivity (Wildman–Crippen MR) is 59.0 cm³/mol. The van der Waals surface area contributed by atoms with Crippen LogP contribution in [-0.4, -0.2) is 26.7 Å². The van der Waals surface area contributed by atoms with Gasteiger partial charge in [0.2, 0.25) is 0 Å². The number of rotatable bonds is 3. The average molecular weight is 262 g/mol. The number of halogens is 2. The second-order valence-corrected chi connectivity index (χ2v) is 4.70. The van der Waals surface area contributed by atoms with Gasteiger partial charge in [0.1, 0.15) is 17.0 Å². The molecule has 0 aliphatic heterocycles. The van der Waals surface area contributed by atoms with Crippen molar-refractivity contribution in [1.82, 2.24) is 20.3 Å². The first-order chi connectivity index (χ1) is 8.20. The van der Waals surface area contributed by atoms with Crippen molar-refractivity contribution in [3.05, 3.63) is 11.4 Å². The van der Waals surface area contributed by atoms with Crippen LogP contribution in [0.2, 0.25) is 0 Å². The SMILES string of the molecule is Cn1nnc(CNC(=O)OC(C)(C)C)c1C(F)F. The third-order valence-corrected chi connectivity index (χ3v) is 1.95. The number of carbonyl (C=O) groups is 1. The summed E-state index contributed by atoms with van der Waals surface area (Å²) in [5.41, 5.74) is -0.928. The molecule has 0 fully saturated rings. The van der Waals surface area contributed by atoms with E-state index in [1.165, 1.54) is 7.05 Å². The van der Waals surface area contributed by atoms with E-state index in [1.807, 2.05) is 0 Å². The Morgan fingerprint density at radius 3 is 2.61 bits per heavy atom. The molecule has 1 amide bonds. The second kappa shape index (κ2) is 5.28. The molecular formula is C10H16F2N4O2. The summed E-state index contributed by atoms with van der Waals surface area (Å²) in [5, 5.41) is 9.41. The minimum absolute atomic E-state index is 0.0263. The quantitative estimate of drug-likeness (QED) is 0.901. The van der Waals surface area contributed by atoms with Crippen molar-refractivity contribution in [3.8, 4) is 0 Å². The summed E-state index contributed by atoms with van der Waals surface area (Å²) in [7, 11) is 1.37. The van der Waals surface area contributed by atoms with E-state index in [2.05, 4.69) is 15.6 Å². The lowest BCUT2D eigenvalue weighted by atomic mass is 10.2. The normalized spacial score (nSPS) is 11.7. The Hall–Kier alpha value is -1.73. The molecule has 1 N–H and O–H groups in total. The lowest BCUT2D eigenvalue weighted by molar-refractivity contribution is 0.0521. The summed E-state index contributed by atoms with van der Waals surface area (Å²) in [6, 6.07) is 0. The number of amides is 1. The maximum absolute atomic E-state index is 12.7. The maximum atomic E-state index is 12.7. The molecule has 0 atom stereocenters. The van der Waals surface area contributed by atoms with Crippen LogP contribution in [0.4, 0.5) is 13.6 Å². The number of alkyl carbamates (subject to hydrolysis) is 1. The third-order valence-electron chi connectivity index (χ3n) is 1.95. The van der Waals surface area contributed by atoms with Crippen LogP contribution in [0.15, 0.2) is 0 Å². The van der Waals surface area contributed by atoms with Gasteiger partial charge in [-0.15, -0.1) is 5.10 Å². The molecule has 0 aromatic carbocycles. The van der Waals surface area contributed by atoms with Crippen molar-refractivity contribution in [2.75, 3.05) is 0 Å². The zero-order valence-electron chi connectivity index (χ0n) is 10.7. The van der Waals surface area contributed by atoms with E-state index in [4.69, 9.17) is 4.74 Å². The van der Waals surface area contributed by atoms with Crippen LogP contribution in [-0.2, 0) is 18.3 Å². The van der Waals surface area contributed by atoms with Crippen molar-refractivity contribution >= 4 is 6.09 Å². The molecule has 1 rings (SSSR count). The Kier molecular flexibility index (Phi) is 4.20. The fourth-order valence-corrected chi connectivity index (χ4v) is 1.27. The fourth-order valence-electron chi connectivity index (χ4n) is 1.27. The van der Waals surface area contributed by atoms with Crippen LogP contribution in [0.3, 0.4) is 0 Å². The molecule has 0 spiro atoms. The predicted octanol–water partition coefficient (Wildman–Crippen LogP) is 1.78. The second-order valence-electron chi connectivity index (χ2n) is 4.70. The van der Waals surface area contributed by atoms with Crippen molar-refractivity contribution < 1.29 is 18.3 Å². The Bertz CT molecular complexity index is 426. The summed E-state index contributed by atoms with van der Waals surface area (Å²) >= 11 is 0. The molecule has 8 heteroatoms. The zero-order valence-corrected chi connectivity index (χ0v) is 10.7. The number of hydrogen-bond donors (Lipinski definition) is 1. The molecule has 0 aliphatic rings. The van der Waals surface area contributed by atoms with Crippen LogP contribution in [0.5, 0.6) is 0 Å². The maximum Gasteiger partial charge on any atom is 0.407 e. The summed E-state index contributed by atoms with van der Waals surface area (Å²) in [4.78, 5) is 11.3. The van der Waals surface area contributed by atoms with Crippen LogP contribution >= 0.6 is 0 Å². The minimum Gasteiger partial charge on any atom is -0.444 e. The molecule has 102 valence electrons. The molecular weight excluding hydrogens is 246 g/mol. The molecule has 0 bridgehead atoms. The molecule has 1 aromatic rings. The van der Waals surface area contributed by atoms with Gasteiger partial charge in [0.05, 0.1) is 6.54 Å². The van der Waals surface area contributed by atoms with Crippen LogP contribution < -0.4 is 5.32 Å².